The van der Waals surface area contributed by atoms with Crippen molar-refractivity contribution in [1.29, 1.82) is 0 Å². The van der Waals surface area contributed by atoms with Gasteiger partial charge in [-0.1, -0.05) is 24.3 Å². The standard InChI is InChI=1S/C17H20FNO/c1-13(10-14-6-8-17(20-2)9-7-14)19-12-15-4-3-5-16(18)11-15/h3-9,11,13,19H,10,12H2,1-2H3/t13-/m0/s1. The second-order valence-electron chi connectivity index (χ2n) is 4.96. The number of ether oxygens (including phenoxy) is 1. The van der Waals surface area contributed by atoms with E-state index in [1.165, 1.54) is 11.6 Å². The molecule has 3 heteroatoms. The Hall–Kier alpha value is -1.87. The molecule has 0 aliphatic carbocycles. The Kier molecular flexibility index (Phi) is 5.13. The highest BCUT2D eigenvalue weighted by atomic mass is 19.1. The van der Waals surface area contributed by atoms with Crippen molar-refractivity contribution in [2.45, 2.75) is 25.9 Å². The van der Waals surface area contributed by atoms with Gasteiger partial charge in [-0.05, 0) is 48.7 Å². The molecule has 0 heterocycles. The second kappa shape index (κ2) is 7.06. The molecule has 2 nitrogen and oxygen atoms in total. The second-order valence-corrected chi connectivity index (χ2v) is 4.96. The zero-order valence-electron chi connectivity index (χ0n) is 11.9. The Morgan fingerprint density at radius 1 is 1.10 bits per heavy atom. The highest BCUT2D eigenvalue weighted by Crippen LogP contribution is 2.13. The quantitative estimate of drug-likeness (QED) is 0.869. The molecule has 0 saturated heterocycles. The summed E-state index contributed by atoms with van der Waals surface area (Å²) in [4.78, 5) is 0. The number of rotatable bonds is 6. The predicted molar refractivity (Wildman–Crippen MR) is 79.4 cm³/mol. The van der Waals surface area contributed by atoms with E-state index in [-0.39, 0.29) is 5.82 Å². The van der Waals surface area contributed by atoms with E-state index < -0.39 is 0 Å². The van der Waals surface area contributed by atoms with Crippen molar-refractivity contribution in [1.82, 2.24) is 5.32 Å². The minimum absolute atomic E-state index is 0.188. The Morgan fingerprint density at radius 3 is 2.50 bits per heavy atom. The monoisotopic (exact) mass is 273 g/mol. The van der Waals surface area contributed by atoms with Crippen molar-refractivity contribution >= 4 is 0 Å². The average molecular weight is 273 g/mol. The van der Waals surface area contributed by atoms with Crippen LogP contribution in [0.25, 0.3) is 0 Å². The molecule has 0 aromatic heterocycles. The van der Waals surface area contributed by atoms with Gasteiger partial charge in [-0.15, -0.1) is 0 Å². The lowest BCUT2D eigenvalue weighted by Crippen LogP contribution is -2.27. The van der Waals surface area contributed by atoms with Crippen LogP contribution in [0.15, 0.2) is 48.5 Å². The molecule has 20 heavy (non-hydrogen) atoms. The van der Waals surface area contributed by atoms with Gasteiger partial charge in [0.2, 0.25) is 0 Å². The van der Waals surface area contributed by atoms with Gasteiger partial charge in [-0.2, -0.15) is 0 Å². The summed E-state index contributed by atoms with van der Waals surface area (Å²) < 4.78 is 18.2. The van der Waals surface area contributed by atoms with Crippen LogP contribution in [0, 0.1) is 5.82 Å². The summed E-state index contributed by atoms with van der Waals surface area (Å²) in [6.45, 7) is 2.80. The number of nitrogens with one attached hydrogen (secondary N) is 1. The maximum Gasteiger partial charge on any atom is 0.123 e. The molecule has 2 aromatic rings. The third-order valence-electron chi connectivity index (χ3n) is 3.24. The van der Waals surface area contributed by atoms with Gasteiger partial charge in [0.25, 0.3) is 0 Å². The van der Waals surface area contributed by atoms with Gasteiger partial charge in [0.15, 0.2) is 0 Å². The van der Waals surface area contributed by atoms with Gasteiger partial charge < -0.3 is 10.1 Å². The summed E-state index contributed by atoms with van der Waals surface area (Å²) in [5.74, 6) is 0.682. The Bertz CT molecular complexity index is 539. The van der Waals surface area contributed by atoms with Crippen molar-refractivity contribution in [3.8, 4) is 5.75 Å². The Labute approximate surface area is 119 Å². The number of hydrogen-bond donors (Lipinski definition) is 1. The first kappa shape index (κ1) is 14.5. The van der Waals surface area contributed by atoms with Crippen LogP contribution in [0.2, 0.25) is 0 Å². The topological polar surface area (TPSA) is 21.3 Å². The Balaban J connectivity index is 1.84. The number of benzene rings is 2. The minimum Gasteiger partial charge on any atom is -0.497 e. The van der Waals surface area contributed by atoms with Gasteiger partial charge in [0.05, 0.1) is 7.11 Å². The van der Waals surface area contributed by atoms with E-state index in [2.05, 4.69) is 24.4 Å². The number of methoxy groups -OCH3 is 1. The van der Waals surface area contributed by atoms with Gasteiger partial charge in [0, 0.05) is 12.6 Å². The van der Waals surface area contributed by atoms with Gasteiger partial charge in [0.1, 0.15) is 11.6 Å². The molecule has 0 aliphatic heterocycles. The fourth-order valence-corrected chi connectivity index (χ4v) is 2.13. The zero-order chi connectivity index (χ0) is 14.4. The molecule has 106 valence electrons. The first-order valence-corrected chi connectivity index (χ1v) is 6.78. The fourth-order valence-electron chi connectivity index (χ4n) is 2.13. The molecule has 0 radical (unpaired) electrons. The first-order chi connectivity index (χ1) is 9.67. The summed E-state index contributed by atoms with van der Waals surface area (Å²) in [5.41, 5.74) is 2.22. The zero-order valence-corrected chi connectivity index (χ0v) is 11.9. The summed E-state index contributed by atoms with van der Waals surface area (Å²) in [6, 6.07) is 15.1. The molecule has 2 aromatic carbocycles. The molecule has 0 amide bonds. The molecule has 0 spiro atoms. The van der Waals surface area contributed by atoms with E-state index in [0.29, 0.717) is 12.6 Å². The lowest BCUT2D eigenvalue weighted by molar-refractivity contribution is 0.414. The third-order valence-corrected chi connectivity index (χ3v) is 3.24. The normalized spacial score (nSPS) is 12.2. The van der Waals surface area contributed by atoms with E-state index in [0.717, 1.165) is 17.7 Å². The van der Waals surface area contributed by atoms with E-state index in [4.69, 9.17) is 4.74 Å². The van der Waals surface area contributed by atoms with Gasteiger partial charge in [-0.3, -0.25) is 0 Å². The van der Waals surface area contributed by atoms with Crippen LogP contribution in [0.4, 0.5) is 4.39 Å². The van der Waals surface area contributed by atoms with Crippen LogP contribution in [0.3, 0.4) is 0 Å². The maximum atomic E-state index is 13.1. The molecule has 2 rings (SSSR count). The van der Waals surface area contributed by atoms with Crippen LogP contribution in [-0.2, 0) is 13.0 Å². The number of hydrogen-bond acceptors (Lipinski definition) is 2. The molecule has 1 N–H and O–H groups in total. The molecule has 0 bridgehead atoms. The van der Waals surface area contributed by atoms with Crippen molar-refractivity contribution in [3.63, 3.8) is 0 Å². The minimum atomic E-state index is -0.188. The number of halogens is 1. The van der Waals surface area contributed by atoms with Crippen molar-refractivity contribution in [3.05, 3.63) is 65.5 Å². The van der Waals surface area contributed by atoms with Crippen LogP contribution in [0.1, 0.15) is 18.1 Å². The van der Waals surface area contributed by atoms with Crippen LogP contribution < -0.4 is 10.1 Å². The fraction of sp³-hybridized carbons (Fsp3) is 0.294. The highest BCUT2D eigenvalue weighted by molar-refractivity contribution is 5.27. The summed E-state index contributed by atoms with van der Waals surface area (Å²) in [5, 5.41) is 3.41. The molecule has 0 fully saturated rings. The molecule has 0 saturated carbocycles. The van der Waals surface area contributed by atoms with E-state index >= 15 is 0 Å². The molecule has 0 unspecified atom stereocenters. The lowest BCUT2D eigenvalue weighted by atomic mass is 10.1. The smallest absolute Gasteiger partial charge is 0.123 e. The molecule has 0 aliphatic rings. The highest BCUT2D eigenvalue weighted by Gasteiger charge is 2.04. The van der Waals surface area contributed by atoms with Crippen molar-refractivity contribution < 1.29 is 9.13 Å². The van der Waals surface area contributed by atoms with Crippen molar-refractivity contribution in [2.75, 3.05) is 7.11 Å². The summed E-state index contributed by atoms with van der Waals surface area (Å²) in [6.07, 6.45) is 0.930. The van der Waals surface area contributed by atoms with E-state index in [1.54, 1.807) is 19.2 Å². The molecular weight excluding hydrogens is 253 g/mol. The summed E-state index contributed by atoms with van der Waals surface area (Å²) >= 11 is 0. The van der Waals surface area contributed by atoms with Crippen LogP contribution in [-0.4, -0.2) is 13.2 Å². The van der Waals surface area contributed by atoms with Gasteiger partial charge in [-0.25, -0.2) is 4.39 Å². The summed E-state index contributed by atoms with van der Waals surface area (Å²) in [7, 11) is 1.66. The van der Waals surface area contributed by atoms with Crippen molar-refractivity contribution in [2.24, 2.45) is 0 Å². The van der Waals surface area contributed by atoms with Crippen LogP contribution >= 0.6 is 0 Å². The molecule has 1 atom stereocenters. The van der Waals surface area contributed by atoms with Gasteiger partial charge >= 0.3 is 0 Å². The third kappa shape index (κ3) is 4.35. The first-order valence-electron chi connectivity index (χ1n) is 6.78. The largest absolute Gasteiger partial charge is 0.497 e. The lowest BCUT2D eigenvalue weighted by Gasteiger charge is -2.14. The predicted octanol–water partition coefficient (Wildman–Crippen LogP) is 3.56. The maximum absolute atomic E-state index is 13.1. The van der Waals surface area contributed by atoms with E-state index in [1.807, 2.05) is 18.2 Å². The molecular formula is C17H20FNO. The van der Waals surface area contributed by atoms with Crippen LogP contribution in [0.5, 0.6) is 5.75 Å². The Morgan fingerprint density at radius 2 is 1.85 bits per heavy atom. The SMILES string of the molecule is COc1ccc(C[C@H](C)NCc2cccc(F)c2)cc1. The average Bonchev–Trinajstić information content (AvgIpc) is 2.46. The van der Waals surface area contributed by atoms with E-state index in [9.17, 15) is 4.39 Å².